The standard InChI is InChI=1S/C25H23N3O2/c1-25(2,3)18-13-11-17(12-14-18)24(29)30-20-8-6-7-19(15-20)28-23-21-9-4-5-10-22(21)26-16-27-23/h4-16H,1-3H3,(H,26,27,28). The largest absolute Gasteiger partial charge is 0.423 e. The van der Waals surface area contributed by atoms with Crippen LogP contribution in [-0.4, -0.2) is 15.9 Å². The van der Waals surface area contributed by atoms with E-state index in [9.17, 15) is 4.79 Å². The number of hydrogen-bond donors (Lipinski definition) is 1. The summed E-state index contributed by atoms with van der Waals surface area (Å²) in [5, 5.41) is 4.20. The van der Waals surface area contributed by atoms with Crippen LogP contribution in [-0.2, 0) is 5.41 Å². The number of aromatic nitrogens is 2. The molecule has 0 aliphatic heterocycles. The van der Waals surface area contributed by atoms with Gasteiger partial charge in [0, 0.05) is 17.1 Å². The molecular formula is C25H23N3O2. The molecule has 4 rings (SSSR count). The molecule has 4 aromatic rings. The van der Waals surface area contributed by atoms with E-state index in [1.165, 1.54) is 11.9 Å². The summed E-state index contributed by atoms with van der Waals surface area (Å²) < 4.78 is 5.58. The van der Waals surface area contributed by atoms with Gasteiger partial charge in [0.1, 0.15) is 17.9 Å². The lowest BCUT2D eigenvalue weighted by Gasteiger charge is -2.18. The Morgan fingerprint density at radius 2 is 1.67 bits per heavy atom. The summed E-state index contributed by atoms with van der Waals surface area (Å²) in [5.74, 6) is 0.769. The van der Waals surface area contributed by atoms with Crippen molar-refractivity contribution in [1.82, 2.24) is 9.97 Å². The van der Waals surface area contributed by atoms with Gasteiger partial charge in [0.25, 0.3) is 0 Å². The molecule has 0 aliphatic rings. The molecule has 0 saturated carbocycles. The van der Waals surface area contributed by atoms with Crippen molar-refractivity contribution < 1.29 is 9.53 Å². The van der Waals surface area contributed by atoms with Crippen LogP contribution in [0.15, 0.2) is 79.1 Å². The van der Waals surface area contributed by atoms with Crippen LogP contribution in [0.3, 0.4) is 0 Å². The maximum atomic E-state index is 12.6. The van der Waals surface area contributed by atoms with E-state index in [0.29, 0.717) is 17.1 Å². The highest BCUT2D eigenvalue weighted by Gasteiger charge is 2.15. The smallest absolute Gasteiger partial charge is 0.343 e. The van der Waals surface area contributed by atoms with Crippen molar-refractivity contribution >= 4 is 28.4 Å². The summed E-state index contributed by atoms with van der Waals surface area (Å²) in [4.78, 5) is 21.2. The second kappa shape index (κ2) is 7.95. The van der Waals surface area contributed by atoms with Crippen molar-refractivity contribution in [2.75, 3.05) is 5.32 Å². The van der Waals surface area contributed by atoms with Crippen molar-refractivity contribution in [3.05, 3.63) is 90.3 Å². The molecule has 1 N–H and O–H groups in total. The molecule has 0 bridgehead atoms. The highest BCUT2D eigenvalue weighted by Crippen LogP contribution is 2.26. The maximum Gasteiger partial charge on any atom is 0.343 e. The molecular weight excluding hydrogens is 374 g/mol. The monoisotopic (exact) mass is 397 g/mol. The number of ether oxygens (including phenoxy) is 1. The van der Waals surface area contributed by atoms with Crippen molar-refractivity contribution in [2.45, 2.75) is 26.2 Å². The van der Waals surface area contributed by atoms with E-state index >= 15 is 0 Å². The second-order valence-corrected chi connectivity index (χ2v) is 8.11. The molecule has 1 heterocycles. The van der Waals surface area contributed by atoms with Gasteiger partial charge < -0.3 is 10.1 Å². The van der Waals surface area contributed by atoms with Crippen LogP contribution < -0.4 is 10.1 Å². The fraction of sp³-hybridized carbons (Fsp3) is 0.160. The Kier molecular flexibility index (Phi) is 5.19. The molecule has 0 spiro atoms. The van der Waals surface area contributed by atoms with E-state index in [1.54, 1.807) is 24.3 Å². The summed E-state index contributed by atoms with van der Waals surface area (Å²) in [5.41, 5.74) is 3.35. The molecule has 3 aromatic carbocycles. The van der Waals surface area contributed by atoms with Gasteiger partial charge in [-0.15, -0.1) is 0 Å². The van der Waals surface area contributed by atoms with Crippen molar-refractivity contribution in [2.24, 2.45) is 0 Å². The first-order valence-electron chi connectivity index (χ1n) is 9.80. The summed E-state index contributed by atoms with van der Waals surface area (Å²) in [6.07, 6.45) is 1.52. The zero-order valence-electron chi connectivity index (χ0n) is 17.2. The number of carbonyl (C=O) groups excluding carboxylic acids is 1. The Hall–Kier alpha value is -3.73. The molecule has 0 unspecified atom stereocenters. The second-order valence-electron chi connectivity index (χ2n) is 8.11. The molecule has 0 radical (unpaired) electrons. The Morgan fingerprint density at radius 3 is 2.43 bits per heavy atom. The number of para-hydroxylation sites is 1. The summed E-state index contributed by atoms with van der Waals surface area (Å²) in [6.45, 7) is 6.42. The van der Waals surface area contributed by atoms with Gasteiger partial charge in [-0.05, 0) is 47.4 Å². The van der Waals surface area contributed by atoms with E-state index < -0.39 is 0 Å². The minimum absolute atomic E-state index is 0.0353. The molecule has 30 heavy (non-hydrogen) atoms. The minimum atomic E-state index is -0.389. The highest BCUT2D eigenvalue weighted by atomic mass is 16.5. The fourth-order valence-corrected chi connectivity index (χ4v) is 3.15. The highest BCUT2D eigenvalue weighted by molar-refractivity contribution is 5.92. The molecule has 0 atom stereocenters. The average molecular weight is 397 g/mol. The first-order valence-corrected chi connectivity index (χ1v) is 9.80. The van der Waals surface area contributed by atoms with Crippen LogP contribution in [0.1, 0.15) is 36.7 Å². The average Bonchev–Trinajstić information content (AvgIpc) is 2.74. The van der Waals surface area contributed by atoms with Crippen molar-refractivity contribution in [3.63, 3.8) is 0 Å². The number of esters is 1. The van der Waals surface area contributed by atoms with E-state index in [0.717, 1.165) is 16.6 Å². The van der Waals surface area contributed by atoms with Gasteiger partial charge in [-0.1, -0.05) is 51.1 Å². The molecule has 0 aliphatic carbocycles. The zero-order chi connectivity index (χ0) is 21.1. The number of benzene rings is 3. The van der Waals surface area contributed by atoms with Crippen LogP contribution in [0.4, 0.5) is 11.5 Å². The van der Waals surface area contributed by atoms with E-state index in [1.807, 2.05) is 48.5 Å². The Labute approximate surface area is 175 Å². The van der Waals surface area contributed by atoms with Gasteiger partial charge in [0.2, 0.25) is 0 Å². The predicted octanol–water partition coefficient (Wildman–Crippen LogP) is 5.89. The molecule has 0 amide bonds. The van der Waals surface area contributed by atoms with Crippen LogP contribution in [0, 0.1) is 0 Å². The topological polar surface area (TPSA) is 64.1 Å². The summed E-state index contributed by atoms with van der Waals surface area (Å²) in [6, 6.07) is 22.6. The predicted molar refractivity (Wildman–Crippen MR) is 119 cm³/mol. The summed E-state index contributed by atoms with van der Waals surface area (Å²) in [7, 11) is 0. The van der Waals surface area contributed by atoms with Crippen molar-refractivity contribution in [1.29, 1.82) is 0 Å². The Morgan fingerprint density at radius 1 is 0.900 bits per heavy atom. The third-order valence-corrected chi connectivity index (χ3v) is 4.84. The molecule has 0 saturated heterocycles. The molecule has 0 fully saturated rings. The quantitative estimate of drug-likeness (QED) is 0.344. The summed E-state index contributed by atoms with van der Waals surface area (Å²) >= 11 is 0. The normalized spacial score (nSPS) is 11.3. The molecule has 5 heteroatoms. The van der Waals surface area contributed by atoms with Gasteiger partial charge in [-0.3, -0.25) is 0 Å². The fourth-order valence-electron chi connectivity index (χ4n) is 3.15. The van der Waals surface area contributed by atoms with Crippen LogP contribution in [0.25, 0.3) is 10.9 Å². The van der Waals surface area contributed by atoms with E-state index in [4.69, 9.17) is 4.74 Å². The molecule has 150 valence electrons. The number of nitrogens with one attached hydrogen (secondary N) is 1. The van der Waals surface area contributed by atoms with Gasteiger partial charge >= 0.3 is 5.97 Å². The number of anilines is 2. The number of nitrogens with zero attached hydrogens (tertiary/aromatic N) is 2. The van der Waals surface area contributed by atoms with Crippen LogP contribution in [0.2, 0.25) is 0 Å². The number of fused-ring (bicyclic) bond motifs is 1. The van der Waals surface area contributed by atoms with Crippen LogP contribution in [0.5, 0.6) is 5.75 Å². The first-order chi connectivity index (χ1) is 14.4. The van der Waals surface area contributed by atoms with Crippen molar-refractivity contribution in [3.8, 4) is 5.75 Å². The van der Waals surface area contributed by atoms with Crippen LogP contribution >= 0.6 is 0 Å². The molecule has 1 aromatic heterocycles. The lowest BCUT2D eigenvalue weighted by Crippen LogP contribution is -2.13. The SMILES string of the molecule is CC(C)(C)c1ccc(C(=O)Oc2cccc(Nc3ncnc4ccccc34)c2)cc1. The Balaban J connectivity index is 1.51. The van der Waals surface area contributed by atoms with Gasteiger partial charge in [0.15, 0.2) is 0 Å². The third-order valence-electron chi connectivity index (χ3n) is 4.84. The lowest BCUT2D eigenvalue weighted by molar-refractivity contribution is 0.0735. The number of carbonyl (C=O) groups is 1. The Bertz CT molecular complexity index is 1190. The van der Waals surface area contributed by atoms with Gasteiger partial charge in [-0.2, -0.15) is 0 Å². The number of rotatable bonds is 4. The van der Waals surface area contributed by atoms with E-state index in [2.05, 4.69) is 36.1 Å². The molecule has 5 nitrogen and oxygen atoms in total. The first kappa shape index (κ1) is 19.6. The lowest BCUT2D eigenvalue weighted by atomic mass is 9.87. The van der Waals surface area contributed by atoms with Gasteiger partial charge in [0.05, 0.1) is 11.1 Å². The minimum Gasteiger partial charge on any atom is -0.423 e. The zero-order valence-corrected chi connectivity index (χ0v) is 17.2. The van der Waals surface area contributed by atoms with E-state index in [-0.39, 0.29) is 11.4 Å². The maximum absolute atomic E-state index is 12.6. The number of hydrogen-bond acceptors (Lipinski definition) is 5. The third kappa shape index (κ3) is 4.30. The van der Waals surface area contributed by atoms with Gasteiger partial charge in [-0.25, -0.2) is 14.8 Å².